The molecule has 0 saturated heterocycles. The monoisotopic (exact) mass is 290 g/mol. The van der Waals surface area contributed by atoms with Crippen LogP contribution < -0.4 is 0 Å². The van der Waals surface area contributed by atoms with E-state index >= 15 is 0 Å². The first-order valence-corrected chi connectivity index (χ1v) is 7.11. The zero-order valence-corrected chi connectivity index (χ0v) is 11.9. The van der Waals surface area contributed by atoms with Gasteiger partial charge in [-0.05, 0) is 36.3 Å². The number of hydrogen-bond donors (Lipinski definition) is 1. The van der Waals surface area contributed by atoms with Crippen molar-refractivity contribution in [3.8, 4) is 0 Å². The number of hydrogen-bond acceptors (Lipinski definition) is 5. The molecule has 0 spiro atoms. The number of carboxylic acid groups (broad SMARTS) is 1. The summed E-state index contributed by atoms with van der Waals surface area (Å²) in [5, 5.41) is 25.5. The number of aliphatic carboxylic acids is 1. The van der Waals surface area contributed by atoms with Gasteiger partial charge in [0.25, 0.3) is 0 Å². The van der Waals surface area contributed by atoms with E-state index in [1.807, 2.05) is 19.2 Å². The van der Waals surface area contributed by atoms with Gasteiger partial charge in [-0.1, -0.05) is 12.8 Å². The summed E-state index contributed by atoms with van der Waals surface area (Å²) in [6.45, 7) is 2.26. The molecule has 112 valence electrons. The number of nitrogens with zero attached hydrogens (tertiary/aromatic N) is 6. The molecule has 1 fully saturated rings. The Morgan fingerprint density at radius 2 is 2.24 bits per heavy atom. The van der Waals surface area contributed by atoms with Crippen LogP contribution in [0.15, 0.2) is 18.5 Å². The van der Waals surface area contributed by atoms with Crippen LogP contribution in [0.4, 0.5) is 0 Å². The highest BCUT2D eigenvalue weighted by atomic mass is 16.4. The van der Waals surface area contributed by atoms with Gasteiger partial charge in [-0.2, -0.15) is 5.10 Å². The zero-order chi connectivity index (χ0) is 14.9. The minimum Gasteiger partial charge on any atom is -0.481 e. The van der Waals surface area contributed by atoms with Crippen LogP contribution >= 0.6 is 0 Å². The van der Waals surface area contributed by atoms with E-state index in [4.69, 9.17) is 0 Å². The topological polar surface area (TPSA) is 98.7 Å². The zero-order valence-electron chi connectivity index (χ0n) is 11.9. The lowest BCUT2D eigenvalue weighted by molar-refractivity contribution is -0.149. The number of rotatable bonds is 5. The third-order valence-corrected chi connectivity index (χ3v) is 4.32. The molecule has 1 unspecified atom stereocenters. The molecule has 3 rings (SSSR count). The molecule has 2 aromatic rings. The summed E-state index contributed by atoms with van der Waals surface area (Å²) in [6, 6.07) is 1.70. The van der Waals surface area contributed by atoms with Crippen LogP contribution in [0.2, 0.25) is 0 Å². The van der Waals surface area contributed by atoms with Gasteiger partial charge >= 0.3 is 5.97 Å². The van der Waals surface area contributed by atoms with Crippen LogP contribution in [0.25, 0.3) is 0 Å². The molecule has 0 radical (unpaired) electrons. The second-order valence-corrected chi connectivity index (χ2v) is 5.65. The molecule has 0 aromatic carbocycles. The number of carbonyl (C=O) groups is 1. The fourth-order valence-electron chi connectivity index (χ4n) is 3.03. The van der Waals surface area contributed by atoms with Crippen LogP contribution in [0, 0.1) is 5.41 Å². The summed E-state index contributed by atoms with van der Waals surface area (Å²) < 4.78 is 3.37. The molecule has 8 heteroatoms. The van der Waals surface area contributed by atoms with E-state index in [2.05, 4.69) is 20.6 Å². The summed E-state index contributed by atoms with van der Waals surface area (Å²) >= 11 is 0. The third kappa shape index (κ3) is 2.41. The minimum atomic E-state index is -0.756. The average molecular weight is 290 g/mol. The van der Waals surface area contributed by atoms with Gasteiger partial charge in [-0.15, -0.1) is 5.10 Å². The van der Waals surface area contributed by atoms with E-state index in [1.165, 1.54) is 0 Å². The quantitative estimate of drug-likeness (QED) is 0.886. The van der Waals surface area contributed by atoms with Gasteiger partial charge in [0.2, 0.25) is 0 Å². The van der Waals surface area contributed by atoms with Crippen molar-refractivity contribution in [2.24, 2.45) is 5.41 Å². The molecular weight excluding hydrogens is 272 g/mol. The standard InChI is InChI=1S/C13H18N6O2/c1-10(18-8-4-7-14-18)11-15-16-17-19(11)9-13(12(20)21)5-2-3-6-13/h4,7-8,10H,2-3,5-6,9H2,1H3,(H,20,21). The second kappa shape index (κ2) is 5.27. The first-order chi connectivity index (χ1) is 10.1. The SMILES string of the molecule is CC(c1nnnn1CC1(C(=O)O)CCCC1)n1cccn1. The molecule has 1 saturated carbocycles. The van der Waals surface area contributed by atoms with Gasteiger partial charge in [0.05, 0.1) is 12.0 Å². The molecule has 1 atom stereocenters. The van der Waals surface area contributed by atoms with E-state index in [-0.39, 0.29) is 6.04 Å². The molecule has 2 aromatic heterocycles. The van der Waals surface area contributed by atoms with Crippen LogP contribution in [-0.2, 0) is 11.3 Å². The lowest BCUT2D eigenvalue weighted by Gasteiger charge is -2.24. The van der Waals surface area contributed by atoms with Gasteiger partial charge in [-0.3, -0.25) is 9.48 Å². The highest BCUT2D eigenvalue weighted by Crippen LogP contribution is 2.40. The fourth-order valence-corrected chi connectivity index (χ4v) is 3.03. The predicted octanol–water partition coefficient (Wildman–Crippen LogP) is 1.12. The summed E-state index contributed by atoms with van der Waals surface area (Å²) in [6.07, 6.45) is 6.78. The van der Waals surface area contributed by atoms with Crippen LogP contribution in [-0.4, -0.2) is 41.1 Å². The van der Waals surface area contributed by atoms with Crippen LogP contribution in [0.1, 0.15) is 44.5 Å². The molecular formula is C13H18N6O2. The second-order valence-electron chi connectivity index (χ2n) is 5.65. The normalized spacial score (nSPS) is 18.7. The van der Waals surface area contributed by atoms with Crippen molar-refractivity contribution >= 4 is 5.97 Å². The molecule has 0 aliphatic heterocycles. The van der Waals surface area contributed by atoms with Crippen molar-refractivity contribution < 1.29 is 9.90 Å². The highest BCUT2D eigenvalue weighted by molar-refractivity contribution is 5.74. The number of carboxylic acids is 1. The summed E-state index contributed by atoms with van der Waals surface area (Å²) in [7, 11) is 0. The van der Waals surface area contributed by atoms with Crippen LogP contribution in [0.5, 0.6) is 0 Å². The Balaban J connectivity index is 1.87. The van der Waals surface area contributed by atoms with E-state index < -0.39 is 11.4 Å². The van der Waals surface area contributed by atoms with Crippen molar-refractivity contribution in [3.05, 3.63) is 24.3 Å². The van der Waals surface area contributed by atoms with Gasteiger partial charge in [-0.25, -0.2) is 4.68 Å². The first kappa shape index (κ1) is 13.7. The maximum atomic E-state index is 11.7. The fraction of sp³-hybridized carbons (Fsp3) is 0.615. The largest absolute Gasteiger partial charge is 0.481 e. The van der Waals surface area contributed by atoms with Crippen molar-refractivity contribution in [2.45, 2.75) is 45.2 Å². The summed E-state index contributed by atoms with van der Waals surface area (Å²) in [4.78, 5) is 11.7. The molecule has 8 nitrogen and oxygen atoms in total. The third-order valence-electron chi connectivity index (χ3n) is 4.32. The highest BCUT2D eigenvalue weighted by Gasteiger charge is 2.42. The van der Waals surface area contributed by atoms with Crippen molar-refractivity contribution in [2.75, 3.05) is 0 Å². The van der Waals surface area contributed by atoms with E-state index in [0.717, 1.165) is 12.8 Å². The van der Waals surface area contributed by atoms with Gasteiger partial charge in [0.1, 0.15) is 6.04 Å². The average Bonchev–Trinajstić information content (AvgIpc) is 3.20. The predicted molar refractivity (Wildman–Crippen MR) is 72.4 cm³/mol. The first-order valence-electron chi connectivity index (χ1n) is 7.11. The summed E-state index contributed by atoms with van der Waals surface area (Å²) in [5.74, 6) is -0.126. The Morgan fingerprint density at radius 1 is 1.48 bits per heavy atom. The van der Waals surface area contributed by atoms with Crippen molar-refractivity contribution in [1.29, 1.82) is 0 Å². The molecule has 0 amide bonds. The molecule has 1 aliphatic rings. The maximum Gasteiger partial charge on any atom is 0.311 e. The molecule has 2 heterocycles. The Bertz CT molecular complexity index is 614. The summed E-state index contributed by atoms with van der Waals surface area (Å²) in [5.41, 5.74) is -0.742. The van der Waals surface area contributed by atoms with Gasteiger partial charge < -0.3 is 5.11 Å². The van der Waals surface area contributed by atoms with Gasteiger partial charge in [0.15, 0.2) is 5.82 Å². The molecule has 0 bridgehead atoms. The molecule has 1 aliphatic carbocycles. The smallest absolute Gasteiger partial charge is 0.311 e. The molecule has 1 N–H and O–H groups in total. The minimum absolute atomic E-state index is 0.137. The number of tetrazole rings is 1. The Morgan fingerprint density at radius 3 is 2.86 bits per heavy atom. The number of aromatic nitrogens is 6. The lowest BCUT2D eigenvalue weighted by Crippen LogP contribution is -2.34. The Kier molecular flexibility index (Phi) is 3.44. The Labute approximate surface area is 121 Å². The van der Waals surface area contributed by atoms with Crippen molar-refractivity contribution in [3.63, 3.8) is 0 Å². The van der Waals surface area contributed by atoms with Crippen LogP contribution in [0.3, 0.4) is 0 Å². The lowest BCUT2D eigenvalue weighted by atomic mass is 9.86. The van der Waals surface area contributed by atoms with E-state index in [1.54, 1.807) is 15.6 Å². The van der Waals surface area contributed by atoms with Crippen molar-refractivity contribution in [1.82, 2.24) is 30.0 Å². The van der Waals surface area contributed by atoms with E-state index in [0.29, 0.717) is 25.2 Å². The van der Waals surface area contributed by atoms with Gasteiger partial charge in [0, 0.05) is 12.4 Å². The Hall–Kier alpha value is -2.25. The molecule has 21 heavy (non-hydrogen) atoms. The maximum absolute atomic E-state index is 11.7. The van der Waals surface area contributed by atoms with E-state index in [9.17, 15) is 9.90 Å².